The Morgan fingerprint density at radius 3 is 2.71 bits per heavy atom. The second-order valence-corrected chi connectivity index (χ2v) is 5.43. The van der Waals surface area contributed by atoms with Gasteiger partial charge in [-0.2, -0.15) is 0 Å². The number of hydrogen-bond donors (Lipinski definition) is 0. The molecule has 3 heteroatoms. The molecule has 0 spiro atoms. The van der Waals surface area contributed by atoms with Crippen LogP contribution < -0.4 is 4.90 Å². The molecule has 1 aromatic rings. The van der Waals surface area contributed by atoms with Crippen molar-refractivity contribution in [2.75, 3.05) is 18.0 Å². The Hall–Kier alpha value is -0.400. The second kappa shape index (κ2) is 5.97. The maximum atomic E-state index is 6.21. The van der Waals surface area contributed by atoms with Crippen LogP contribution in [0.4, 0.5) is 5.69 Å². The second-order valence-electron chi connectivity index (χ2n) is 4.76. The lowest BCUT2D eigenvalue weighted by Gasteiger charge is -2.27. The van der Waals surface area contributed by atoms with Crippen molar-refractivity contribution in [1.29, 1.82) is 0 Å². The van der Waals surface area contributed by atoms with Gasteiger partial charge >= 0.3 is 0 Å². The van der Waals surface area contributed by atoms with Gasteiger partial charge in [-0.1, -0.05) is 24.6 Å². The first-order valence-corrected chi connectivity index (χ1v) is 7.25. The molecule has 1 saturated carbocycles. The van der Waals surface area contributed by atoms with E-state index in [4.69, 9.17) is 23.2 Å². The van der Waals surface area contributed by atoms with Crippen molar-refractivity contribution in [3.05, 3.63) is 28.8 Å². The SMILES string of the molecule is CCCN(CC1CC1)c1cccc(Cl)c1CCl. The lowest BCUT2D eigenvalue weighted by molar-refractivity contribution is 0.706. The Morgan fingerprint density at radius 1 is 1.35 bits per heavy atom. The third-order valence-electron chi connectivity index (χ3n) is 3.24. The summed E-state index contributed by atoms with van der Waals surface area (Å²) in [5.41, 5.74) is 2.30. The Morgan fingerprint density at radius 2 is 2.12 bits per heavy atom. The lowest BCUT2D eigenvalue weighted by atomic mass is 10.1. The summed E-state index contributed by atoms with van der Waals surface area (Å²) in [4.78, 5) is 2.45. The number of halogens is 2. The molecule has 0 N–H and O–H groups in total. The first-order chi connectivity index (χ1) is 8.26. The van der Waals surface area contributed by atoms with Crippen LogP contribution in [0.25, 0.3) is 0 Å². The molecule has 1 aromatic carbocycles. The molecule has 1 aliphatic rings. The standard InChI is InChI=1S/C14H19Cl2N/c1-2-8-17(10-11-6-7-11)14-5-3-4-13(16)12(14)9-15/h3-5,11H,2,6-10H2,1H3. The van der Waals surface area contributed by atoms with Gasteiger partial charge in [0.15, 0.2) is 0 Å². The average molecular weight is 272 g/mol. The highest BCUT2D eigenvalue weighted by Gasteiger charge is 2.25. The van der Waals surface area contributed by atoms with Gasteiger partial charge in [0.25, 0.3) is 0 Å². The van der Waals surface area contributed by atoms with Crippen molar-refractivity contribution in [3.63, 3.8) is 0 Å². The molecule has 1 aliphatic carbocycles. The summed E-state index contributed by atoms with van der Waals surface area (Å²) in [5, 5.41) is 0.786. The molecular formula is C14H19Cl2N. The van der Waals surface area contributed by atoms with Crippen molar-refractivity contribution in [1.82, 2.24) is 0 Å². The quantitative estimate of drug-likeness (QED) is 0.678. The largest absolute Gasteiger partial charge is 0.371 e. The molecule has 0 unspecified atom stereocenters. The van der Waals surface area contributed by atoms with Crippen molar-refractivity contribution in [2.24, 2.45) is 5.92 Å². The third kappa shape index (κ3) is 3.29. The molecule has 0 bridgehead atoms. The predicted molar refractivity (Wildman–Crippen MR) is 76.2 cm³/mol. The van der Waals surface area contributed by atoms with Gasteiger partial charge in [-0.15, -0.1) is 11.6 Å². The lowest BCUT2D eigenvalue weighted by Crippen LogP contribution is -2.27. The molecule has 94 valence electrons. The van der Waals surface area contributed by atoms with E-state index in [-0.39, 0.29) is 0 Å². The number of nitrogens with zero attached hydrogens (tertiary/aromatic N) is 1. The zero-order valence-electron chi connectivity index (χ0n) is 10.3. The van der Waals surface area contributed by atoms with E-state index >= 15 is 0 Å². The first-order valence-electron chi connectivity index (χ1n) is 6.34. The molecule has 17 heavy (non-hydrogen) atoms. The van der Waals surface area contributed by atoms with Gasteiger partial charge in [0.1, 0.15) is 0 Å². The Kier molecular flexibility index (Phi) is 4.58. The van der Waals surface area contributed by atoms with E-state index in [0.29, 0.717) is 5.88 Å². The smallest absolute Gasteiger partial charge is 0.0509 e. The van der Waals surface area contributed by atoms with Crippen LogP contribution in [-0.2, 0) is 5.88 Å². The van der Waals surface area contributed by atoms with E-state index in [0.717, 1.165) is 36.0 Å². The predicted octanol–water partition coefficient (Wildman–Crippen LogP) is 4.71. The summed E-state index contributed by atoms with van der Waals surface area (Å²) in [5.74, 6) is 1.36. The fourth-order valence-electron chi connectivity index (χ4n) is 2.17. The summed E-state index contributed by atoms with van der Waals surface area (Å²) in [7, 11) is 0. The van der Waals surface area contributed by atoms with Crippen LogP contribution >= 0.6 is 23.2 Å². The van der Waals surface area contributed by atoms with Gasteiger partial charge < -0.3 is 4.90 Å². The number of rotatable bonds is 6. The molecule has 0 saturated heterocycles. The average Bonchev–Trinajstić information content (AvgIpc) is 3.12. The monoisotopic (exact) mass is 271 g/mol. The molecule has 2 rings (SSSR count). The Labute approximate surface area is 114 Å². The van der Waals surface area contributed by atoms with Crippen molar-refractivity contribution >= 4 is 28.9 Å². The van der Waals surface area contributed by atoms with Gasteiger partial charge in [0.2, 0.25) is 0 Å². The van der Waals surface area contributed by atoms with Crippen molar-refractivity contribution in [2.45, 2.75) is 32.1 Å². The van der Waals surface area contributed by atoms with E-state index in [1.807, 2.05) is 12.1 Å². The van der Waals surface area contributed by atoms with E-state index in [2.05, 4.69) is 17.9 Å². The van der Waals surface area contributed by atoms with Crippen molar-refractivity contribution < 1.29 is 0 Å². The Bertz CT molecular complexity index is 374. The fourth-order valence-corrected chi connectivity index (χ4v) is 2.75. The maximum absolute atomic E-state index is 6.21. The van der Waals surface area contributed by atoms with Crippen LogP contribution in [-0.4, -0.2) is 13.1 Å². The van der Waals surface area contributed by atoms with Crippen LogP contribution in [0.3, 0.4) is 0 Å². The van der Waals surface area contributed by atoms with Crippen LogP contribution in [0.15, 0.2) is 18.2 Å². The van der Waals surface area contributed by atoms with E-state index < -0.39 is 0 Å². The maximum Gasteiger partial charge on any atom is 0.0509 e. The number of anilines is 1. The summed E-state index contributed by atoms with van der Waals surface area (Å²) in [6, 6.07) is 6.08. The van der Waals surface area contributed by atoms with Gasteiger partial charge in [-0.25, -0.2) is 0 Å². The highest BCUT2D eigenvalue weighted by molar-refractivity contribution is 6.32. The summed E-state index contributed by atoms with van der Waals surface area (Å²) < 4.78 is 0. The topological polar surface area (TPSA) is 3.24 Å². The molecule has 1 fully saturated rings. The van der Waals surface area contributed by atoms with Gasteiger partial charge in [-0.05, 0) is 37.3 Å². The Balaban J connectivity index is 2.23. The molecular weight excluding hydrogens is 253 g/mol. The molecule has 0 heterocycles. The first kappa shape index (κ1) is 13.0. The number of benzene rings is 1. The molecule has 0 aliphatic heterocycles. The van der Waals surface area contributed by atoms with Gasteiger partial charge in [-0.3, -0.25) is 0 Å². The van der Waals surface area contributed by atoms with Crippen molar-refractivity contribution in [3.8, 4) is 0 Å². The zero-order chi connectivity index (χ0) is 12.3. The normalized spacial score (nSPS) is 15.0. The molecule has 0 atom stereocenters. The summed E-state index contributed by atoms with van der Waals surface area (Å²) in [6.45, 7) is 4.45. The highest BCUT2D eigenvalue weighted by atomic mass is 35.5. The molecule has 0 amide bonds. The highest BCUT2D eigenvalue weighted by Crippen LogP contribution is 2.34. The van der Waals surface area contributed by atoms with E-state index in [1.165, 1.54) is 18.5 Å². The minimum atomic E-state index is 0.486. The van der Waals surface area contributed by atoms with Crippen LogP contribution in [0.2, 0.25) is 5.02 Å². The van der Waals surface area contributed by atoms with Gasteiger partial charge in [0, 0.05) is 29.4 Å². The fraction of sp³-hybridized carbons (Fsp3) is 0.571. The molecule has 0 aromatic heterocycles. The number of hydrogen-bond acceptors (Lipinski definition) is 1. The summed E-state index contributed by atoms with van der Waals surface area (Å²) >= 11 is 12.2. The molecule has 1 nitrogen and oxygen atoms in total. The van der Waals surface area contributed by atoms with Crippen LogP contribution in [0.5, 0.6) is 0 Å². The zero-order valence-corrected chi connectivity index (χ0v) is 11.8. The molecule has 0 radical (unpaired) electrons. The van der Waals surface area contributed by atoms with E-state index in [1.54, 1.807) is 0 Å². The van der Waals surface area contributed by atoms with Crippen LogP contribution in [0, 0.1) is 5.92 Å². The third-order valence-corrected chi connectivity index (χ3v) is 3.86. The van der Waals surface area contributed by atoms with E-state index in [9.17, 15) is 0 Å². The minimum absolute atomic E-state index is 0.486. The van der Waals surface area contributed by atoms with Gasteiger partial charge in [0.05, 0.1) is 5.88 Å². The van der Waals surface area contributed by atoms with Crippen LogP contribution in [0.1, 0.15) is 31.7 Å². The number of alkyl halides is 1. The minimum Gasteiger partial charge on any atom is -0.371 e. The summed E-state index contributed by atoms with van der Waals surface area (Å²) in [6.07, 6.45) is 3.90.